The lowest BCUT2D eigenvalue weighted by atomic mass is 9.97. The molecule has 0 radical (unpaired) electrons. The van der Waals surface area contributed by atoms with Crippen LogP contribution in [0.5, 0.6) is 5.75 Å². The van der Waals surface area contributed by atoms with E-state index in [1.807, 2.05) is 30.3 Å². The fraction of sp³-hybridized carbons (Fsp3) is 0.294. The van der Waals surface area contributed by atoms with E-state index in [-0.39, 0.29) is 12.4 Å². The quantitative estimate of drug-likeness (QED) is 0.859. The van der Waals surface area contributed by atoms with Gasteiger partial charge in [0.2, 0.25) is 0 Å². The first-order valence-electron chi connectivity index (χ1n) is 6.86. The minimum absolute atomic E-state index is 0.0146. The third kappa shape index (κ3) is 4.03. The van der Waals surface area contributed by atoms with Gasteiger partial charge in [0, 0.05) is 6.54 Å². The lowest BCUT2D eigenvalue weighted by molar-refractivity contribution is 0.00642. The lowest BCUT2D eigenvalue weighted by Gasteiger charge is -2.24. The van der Waals surface area contributed by atoms with Gasteiger partial charge in [-0.2, -0.15) is 0 Å². The van der Waals surface area contributed by atoms with E-state index in [1.165, 1.54) is 6.07 Å². The van der Waals surface area contributed by atoms with Crippen molar-refractivity contribution in [1.82, 2.24) is 5.32 Å². The summed E-state index contributed by atoms with van der Waals surface area (Å²) in [5, 5.41) is 13.4. The Morgan fingerprint density at radius 1 is 1.19 bits per heavy atom. The maximum Gasteiger partial charge on any atom is 0.165 e. The van der Waals surface area contributed by atoms with Crippen molar-refractivity contribution in [2.24, 2.45) is 0 Å². The molecule has 0 aliphatic heterocycles. The van der Waals surface area contributed by atoms with Gasteiger partial charge in [0.25, 0.3) is 0 Å². The van der Waals surface area contributed by atoms with Crippen LogP contribution in [0.3, 0.4) is 0 Å². The second-order valence-electron chi connectivity index (χ2n) is 5.22. The number of hydrogen-bond acceptors (Lipinski definition) is 3. The zero-order valence-electron chi connectivity index (χ0n) is 12.3. The minimum atomic E-state index is -1.17. The first-order chi connectivity index (χ1) is 10.0. The monoisotopic (exact) mass is 289 g/mol. The number of benzene rings is 2. The summed E-state index contributed by atoms with van der Waals surface area (Å²) in [7, 11) is 1.80. The van der Waals surface area contributed by atoms with E-state index >= 15 is 0 Å². The smallest absolute Gasteiger partial charge is 0.165 e. The average Bonchev–Trinajstić information content (AvgIpc) is 2.48. The van der Waals surface area contributed by atoms with Crippen molar-refractivity contribution in [2.75, 3.05) is 13.7 Å². The molecule has 0 aliphatic carbocycles. The standard InChI is InChI=1S/C17H20FNO2/c1-17(20,14-6-4-3-5-7-14)12-21-16-9-8-13(11-19-2)10-15(16)18/h3-10,19-20H,11-12H2,1-2H3. The predicted octanol–water partition coefficient (Wildman–Crippen LogP) is 2.83. The summed E-state index contributed by atoms with van der Waals surface area (Å²) < 4.78 is 19.4. The van der Waals surface area contributed by atoms with E-state index in [0.29, 0.717) is 6.54 Å². The molecule has 2 aromatic carbocycles. The van der Waals surface area contributed by atoms with Crippen molar-refractivity contribution in [1.29, 1.82) is 0 Å². The number of hydrogen-bond donors (Lipinski definition) is 2. The molecule has 2 N–H and O–H groups in total. The molecule has 0 amide bonds. The summed E-state index contributed by atoms with van der Waals surface area (Å²) in [6.07, 6.45) is 0. The predicted molar refractivity (Wildman–Crippen MR) is 80.7 cm³/mol. The average molecular weight is 289 g/mol. The maximum absolute atomic E-state index is 13.9. The van der Waals surface area contributed by atoms with Crippen LogP contribution in [0.4, 0.5) is 4.39 Å². The number of halogens is 1. The van der Waals surface area contributed by atoms with Crippen LogP contribution < -0.4 is 10.1 Å². The normalized spacial score (nSPS) is 13.7. The van der Waals surface area contributed by atoms with Crippen LogP contribution in [0.15, 0.2) is 48.5 Å². The largest absolute Gasteiger partial charge is 0.487 e. The third-order valence-electron chi connectivity index (χ3n) is 3.28. The first kappa shape index (κ1) is 15.5. The molecule has 0 aromatic heterocycles. The Labute approximate surface area is 124 Å². The molecular formula is C17H20FNO2. The summed E-state index contributed by atoms with van der Waals surface area (Å²) in [5.41, 5.74) is 0.409. The molecule has 2 aromatic rings. The Bertz CT molecular complexity index is 585. The van der Waals surface area contributed by atoms with Gasteiger partial charge in [0.1, 0.15) is 12.2 Å². The van der Waals surface area contributed by atoms with E-state index < -0.39 is 11.4 Å². The molecule has 4 heteroatoms. The van der Waals surface area contributed by atoms with Crippen LogP contribution in [0.25, 0.3) is 0 Å². The van der Waals surface area contributed by atoms with Crippen molar-refractivity contribution in [3.63, 3.8) is 0 Å². The van der Waals surface area contributed by atoms with Crippen LogP contribution in [0, 0.1) is 5.82 Å². The van der Waals surface area contributed by atoms with Crippen LogP contribution in [0.1, 0.15) is 18.1 Å². The molecule has 21 heavy (non-hydrogen) atoms. The molecule has 0 bridgehead atoms. The summed E-state index contributed by atoms with van der Waals surface area (Å²) in [6.45, 7) is 2.23. The molecule has 0 aliphatic rings. The maximum atomic E-state index is 13.9. The SMILES string of the molecule is CNCc1ccc(OCC(C)(O)c2ccccc2)c(F)c1. The van der Waals surface area contributed by atoms with Gasteiger partial charge in [-0.25, -0.2) is 4.39 Å². The van der Waals surface area contributed by atoms with Crippen molar-refractivity contribution in [3.05, 3.63) is 65.5 Å². The van der Waals surface area contributed by atoms with Gasteiger partial charge >= 0.3 is 0 Å². The fourth-order valence-electron chi connectivity index (χ4n) is 2.07. The van der Waals surface area contributed by atoms with Gasteiger partial charge in [-0.3, -0.25) is 0 Å². The van der Waals surface area contributed by atoms with Crippen molar-refractivity contribution >= 4 is 0 Å². The number of nitrogens with one attached hydrogen (secondary N) is 1. The molecular weight excluding hydrogens is 269 g/mol. The van der Waals surface area contributed by atoms with Crippen molar-refractivity contribution in [2.45, 2.75) is 19.1 Å². The highest BCUT2D eigenvalue weighted by molar-refractivity contribution is 5.30. The molecule has 0 saturated carbocycles. The Morgan fingerprint density at radius 2 is 1.90 bits per heavy atom. The van der Waals surface area contributed by atoms with E-state index in [0.717, 1.165) is 11.1 Å². The molecule has 0 spiro atoms. The second-order valence-corrected chi connectivity index (χ2v) is 5.22. The summed E-state index contributed by atoms with van der Waals surface area (Å²) >= 11 is 0. The van der Waals surface area contributed by atoms with E-state index in [4.69, 9.17) is 4.74 Å². The molecule has 1 unspecified atom stereocenters. The zero-order chi connectivity index (χ0) is 15.3. The third-order valence-corrected chi connectivity index (χ3v) is 3.28. The number of rotatable bonds is 6. The van der Waals surface area contributed by atoms with Gasteiger partial charge in [-0.15, -0.1) is 0 Å². The van der Waals surface area contributed by atoms with Crippen LogP contribution in [0.2, 0.25) is 0 Å². The van der Waals surface area contributed by atoms with Gasteiger partial charge < -0.3 is 15.2 Å². The minimum Gasteiger partial charge on any atom is -0.487 e. The van der Waals surface area contributed by atoms with Crippen molar-refractivity contribution < 1.29 is 14.2 Å². The number of ether oxygens (including phenoxy) is 1. The molecule has 0 fully saturated rings. The summed E-state index contributed by atoms with van der Waals surface area (Å²) in [5.74, 6) is -0.280. The van der Waals surface area contributed by atoms with Gasteiger partial charge in [-0.05, 0) is 37.2 Å². The van der Waals surface area contributed by atoms with Gasteiger partial charge in [0.15, 0.2) is 11.6 Å². The van der Waals surface area contributed by atoms with Gasteiger partial charge in [-0.1, -0.05) is 36.4 Å². The Kier molecular flexibility index (Phi) is 4.94. The molecule has 0 saturated heterocycles. The lowest BCUT2D eigenvalue weighted by Crippen LogP contribution is -2.29. The first-order valence-corrected chi connectivity index (χ1v) is 6.86. The van der Waals surface area contributed by atoms with E-state index in [2.05, 4.69) is 5.32 Å². The molecule has 0 heterocycles. The summed E-state index contributed by atoms with van der Waals surface area (Å²) in [4.78, 5) is 0. The fourth-order valence-corrected chi connectivity index (χ4v) is 2.07. The highest BCUT2D eigenvalue weighted by Crippen LogP contribution is 2.24. The highest BCUT2D eigenvalue weighted by atomic mass is 19.1. The van der Waals surface area contributed by atoms with Crippen LogP contribution in [-0.4, -0.2) is 18.8 Å². The molecule has 2 rings (SSSR count). The molecule has 3 nitrogen and oxygen atoms in total. The van der Waals surface area contributed by atoms with Gasteiger partial charge in [0.05, 0.1) is 0 Å². The van der Waals surface area contributed by atoms with Crippen LogP contribution in [-0.2, 0) is 12.1 Å². The second kappa shape index (κ2) is 6.70. The topological polar surface area (TPSA) is 41.5 Å². The molecule has 112 valence electrons. The Hall–Kier alpha value is -1.91. The molecule has 1 atom stereocenters. The zero-order valence-corrected chi connectivity index (χ0v) is 12.3. The van der Waals surface area contributed by atoms with Crippen LogP contribution >= 0.6 is 0 Å². The Balaban J connectivity index is 2.06. The van der Waals surface area contributed by atoms with E-state index in [1.54, 1.807) is 26.1 Å². The van der Waals surface area contributed by atoms with Crippen molar-refractivity contribution in [3.8, 4) is 5.75 Å². The highest BCUT2D eigenvalue weighted by Gasteiger charge is 2.24. The summed E-state index contributed by atoms with van der Waals surface area (Å²) in [6, 6.07) is 14.0. The number of aliphatic hydroxyl groups is 1. The Morgan fingerprint density at radius 3 is 2.52 bits per heavy atom. The van der Waals surface area contributed by atoms with E-state index in [9.17, 15) is 9.50 Å².